The van der Waals surface area contributed by atoms with Crippen LogP contribution in [0, 0.1) is 12.3 Å². The summed E-state index contributed by atoms with van der Waals surface area (Å²) >= 11 is 0. The second kappa shape index (κ2) is 11.8. The maximum atomic E-state index is 13.3. The SMILES string of the molecule is CCCCC(NC(=O)c1[nH]c2c(c1C)C(O)CC(C)(C)C2)C(=O)NCc1ccc(CNC(C)(C)C)cc1. The molecule has 2 atom stereocenters. The van der Waals surface area contributed by atoms with Crippen LogP contribution in [-0.2, 0) is 24.3 Å². The number of aliphatic hydroxyl groups is 1. The maximum absolute atomic E-state index is 13.3. The Kier molecular flexibility index (Phi) is 9.24. The van der Waals surface area contributed by atoms with E-state index in [0.717, 1.165) is 48.2 Å². The zero-order chi connectivity index (χ0) is 27.4. The highest BCUT2D eigenvalue weighted by molar-refractivity contribution is 5.97. The fourth-order valence-electron chi connectivity index (χ4n) is 5.03. The molecule has 1 heterocycles. The molecule has 2 unspecified atom stereocenters. The molecule has 2 aromatic rings. The maximum Gasteiger partial charge on any atom is 0.268 e. The number of carbonyl (C=O) groups is 2. The van der Waals surface area contributed by atoms with Gasteiger partial charge >= 0.3 is 0 Å². The molecule has 0 radical (unpaired) electrons. The molecule has 0 bridgehead atoms. The van der Waals surface area contributed by atoms with Gasteiger partial charge in [-0.2, -0.15) is 0 Å². The molecule has 37 heavy (non-hydrogen) atoms. The van der Waals surface area contributed by atoms with Gasteiger partial charge in [0.15, 0.2) is 0 Å². The van der Waals surface area contributed by atoms with E-state index in [9.17, 15) is 14.7 Å². The summed E-state index contributed by atoms with van der Waals surface area (Å²) in [6.45, 7) is 15.8. The van der Waals surface area contributed by atoms with Gasteiger partial charge in [-0.1, -0.05) is 57.9 Å². The third-order valence-corrected chi connectivity index (χ3v) is 7.12. The first kappa shape index (κ1) is 28.9. The minimum absolute atomic E-state index is 0.0394. The summed E-state index contributed by atoms with van der Waals surface area (Å²) in [6, 6.07) is 7.58. The van der Waals surface area contributed by atoms with Crippen molar-refractivity contribution in [1.29, 1.82) is 0 Å². The zero-order valence-electron chi connectivity index (χ0n) is 23.7. The van der Waals surface area contributed by atoms with Gasteiger partial charge < -0.3 is 26.0 Å². The van der Waals surface area contributed by atoms with Crippen LogP contribution in [0.15, 0.2) is 24.3 Å². The molecule has 3 rings (SSSR count). The molecule has 2 amide bonds. The molecule has 0 spiro atoms. The Labute approximate surface area is 222 Å². The molecule has 1 aromatic carbocycles. The van der Waals surface area contributed by atoms with Gasteiger partial charge in [0.05, 0.1) is 6.10 Å². The van der Waals surface area contributed by atoms with E-state index in [2.05, 4.69) is 74.6 Å². The lowest BCUT2D eigenvalue weighted by atomic mass is 9.75. The number of unbranched alkanes of at least 4 members (excludes halogenated alkanes) is 1. The van der Waals surface area contributed by atoms with Crippen LogP contribution in [-0.4, -0.2) is 33.5 Å². The monoisotopic (exact) mass is 510 g/mol. The first-order valence-electron chi connectivity index (χ1n) is 13.6. The highest BCUT2D eigenvalue weighted by Crippen LogP contribution is 2.42. The van der Waals surface area contributed by atoms with Gasteiger partial charge in [0.2, 0.25) is 5.91 Å². The molecular formula is C30H46N4O3. The van der Waals surface area contributed by atoms with Crippen molar-refractivity contribution in [2.45, 2.75) is 111 Å². The lowest BCUT2D eigenvalue weighted by molar-refractivity contribution is -0.123. The van der Waals surface area contributed by atoms with Crippen LogP contribution >= 0.6 is 0 Å². The lowest BCUT2D eigenvalue weighted by Crippen LogP contribution is -2.46. The van der Waals surface area contributed by atoms with Gasteiger partial charge in [0.1, 0.15) is 11.7 Å². The van der Waals surface area contributed by atoms with Gasteiger partial charge in [-0.25, -0.2) is 0 Å². The van der Waals surface area contributed by atoms with E-state index >= 15 is 0 Å². The third kappa shape index (κ3) is 7.92. The Balaban J connectivity index is 1.64. The number of nitrogens with one attached hydrogen (secondary N) is 4. The minimum atomic E-state index is -0.621. The lowest BCUT2D eigenvalue weighted by Gasteiger charge is -2.33. The number of benzene rings is 1. The van der Waals surface area contributed by atoms with Crippen LogP contribution in [0.3, 0.4) is 0 Å². The Morgan fingerprint density at radius 3 is 2.35 bits per heavy atom. The fourth-order valence-corrected chi connectivity index (χ4v) is 5.03. The quantitative estimate of drug-likeness (QED) is 0.316. The summed E-state index contributed by atoms with van der Waals surface area (Å²) < 4.78 is 0. The normalized spacial score (nSPS) is 17.7. The Morgan fingerprint density at radius 1 is 1.14 bits per heavy atom. The van der Waals surface area contributed by atoms with Crippen LogP contribution in [0.1, 0.15) is 112 Å². The van der Waals surface area contributed by atoms with Gasteiger partial charge in [0.25, 0.3) is 5.91 Å². The number of aromatic nitrogens is 1. The number of hydrogen-bond acceptors (Lipinski definition) is 4. The predicted molar refractivity (Wildman–Crippen MR) is 148 cm³/mol. The molecule has 1 aliphatic rings. The smallest absolute Gasteiger partial charge is 0.268 e. The van der Waals surface area contributed by atoms with Crippen molar-refractivity contribution < 1.29 is 14.7 Å². The second-order valence-electron chi connectivity index (χ2n) is 12.4. The van der Waals surface area contributed by atoms with Crippen molar-refractivity contribution >= 4 is 11.8 Å². The predicted octanol–water partition coefficient (Wildman–Crippen LogP) is 4.82. The molecule has 1 aliphatic carbocycles. The van der Waals surface area contributed by atoms with Gasteiger partial charge in [-0.15, -0.1) is 0 Å². The number of fused-ring (bicyclic) bond motifs is 1. The number of H-pyrrole nitrogens is 1. The molecule has 1 aromatic heterocycles. The van der Waals surface area contributed by atoms with Crippen molar-refractivity contribution in [2.75, 3.05) is 0 Å². The van der Waals surface area contributed by atoms with E-state index in [0.29, 0.717) is 25.1 Å². The van der Waals surface area contributed by atoms with Crippen molar-refractivity contribution in [1.82, 2.24) is 20.9 Å². The largest absolute Gasteiger partial charge is 0.388 e. The van der Waals surface area contributed by atoms with Crippen molar-refractivity contribution in [2.24, 2.45) is 5.41 Å². The molecule has 0 saturated heterocycles. The van der Waals surface area contributed by atoms with Gasteiger partial charge in [0, 0.05) is 29.9 Å². The number of hydrogen-bond donors (Lipinski definition) is 5. The first-order chi connectivity index (χ1) is 17.3. The summed E-state index contributed by atoms with van der Waals surface area (Å²) in [5.41, 5.74) is 5.18. The summed E-state index contributed by atoms with van der Waals surface area (Å²) in [6.07, 6.45) is 3.18. The van der Waals surface area contributed by atoms with Crippen LogP contribution < -0.4 is 16.0 Å². The Bertz CT molecular complexity index is 1080. The molecule has 0 fully saturated rings. The second-order valence-corrected chi connectivity index (χ2v) is 12.4. The van der Waals surface area contributed by atoms with E-state index < -0.39 is 12.1 Å². The van der Waals surface area contributed by atoms with Gasteiger partial charge in [-0.05, 0) is 69.1 Å². The highest BCUT2D eigenvalue weighted by Gasteiger charge is 2.35. The Morgan fingerprint density at radius 2 is 1.76 bits per heavy atom. The summed E-state index contributed by atoms with van der Waals surface area (Å²) in [4.78, 5) is 29.6. The minimum Gasteiger partial charge on any atom is -0.388 e. The average Bonchev–Trinajstić information content (AvgIpc) is 3.14. The number of aromatic amines is 1. The molecule has 7 nitrogen and oxygen atoms in total. The van der Waals surface area contributed by atoms with E-state index in [-0.39, 0.29) is 22.8 Å². The topological polar surface area (TPSA) is 106 Å². The molecule has 7 heteroatoms. The summed E-state index contributed by atoms with van der Waals surface area (Å²) in [5.74, 6) is -0.487. The summed E-state index contributed by atoms with van der Waals surface area (Å²) in [5, 5.41) is 20.1. The van der Waals surface area contributed by atoms with Crippen LogP contribution in [0.25, 0.3) is 0 Å². The van der Waals surface area contributed by atoms with E-state index in [1.54, 1.807) is 0 Å². The van der Waals surface area contributed by atoms with Gasteiger partial charge in [-0.3, -0.25) is 9.59 Å². The van der Waals surface area contributed by atoms with E-state index in [1.807, 2.05) is 19.1 Å². The average molecular weight is 511 g/mol. The van der Waals surface area contributed by atoms with Crippen LogP contribution in [0.5, 0.6) is 0 Å². The molecule has 0 saturated carbocycles. The van der Waals surface area contributed by atoms with Crippen molar-refractivity contribution in [3.63, 3.8) is 0 Å². The van der Waals surface area contributed by atoms with Crippen molar-refractivity contribution in [3.05, 3.63) is 57.9 Å². The Hall–Kier alpha value is -2.64. The standard InChI is InChI=1S/C30H46N4O3/c1-8-9-10-22(27(36)31-17-20-11-13-21(14-12-20)18-32-29(3,4)5)34-28(37)26-19(2)25-23(33-26)15-30(6,7)16-24(25)35/h11-14,22,24,32-33,35H,8-10,15-18H2,1-7H3,(H,31,36)(H,34,37). The number of rotatable bonds is 10. The summed E-state index contributed by atoms with van der Waals surface area (Å²) in [7, 11) is 0. The van der Waals surface area contributed by atoms with Crippen LogP contribution in [0.4, 0.5) is 0 Å². The number of aliphatic hydroxyl groups excluding tert-OH is 1. The molecule has 0 aliphatic heterocycles. The van der Waals surface area contributed by atoms with E-state index in [1.165, 1.54) is 5.56 Å². The first-order valence-corrected chi connectivity index (χ1v) is 13.6. The highest BCUT2D eigenvalue weighted by atomic mass is 16.3. The number of amides is 2. The van der Waals surface area contributed by atoms with Crippen molar-refractivity contribution in [3.8, 4) is 0 Å². The molecule has 5 N–H and O–H groups in total. The van der Waals surface area contributed by atoms with E-state index in [4.69, 9.17) is 0 Å². The van der Waals surface area contributed by atoms with Crippen LogP contribution in [0.2, 0.25) is 0 Å². The number of carbonyl (C=O) groups excluding carboxylic acids is 2. The fraction of sp³-hybridized carbons (Fsp3) is 0.600. The molecular weight excluding hydrogens is 464 g/mol. The zero-order valence-corrected chi connectivity index (χ0v) is 23.7. The third-order valence-electron chi connectivity index (χ3n) is 7.12. The molecule has 204 valence electrons.